The van der Waals surface area contributed by atoms with E-state index < -0.39 is 55.2 Å². The summed E-state index contributed by atoms with van der Waals surface area (Å²) in [5, 5.41) is 43.7. The zero-order valence-electron chi connectivity index (χ0n) is 16.9. The number of rotatable bonds is 7. The fourth-order valence-electron chi connectivity index (χ4n) is 3.12. The molecular weight excluding hydrogens is 438 g/mol. The van der Waals surface area contributed by atoms with Gasteiger partial charge in [-0.15, -0.1) is 0 Å². The Kier molecular flexibility index (Phi) is 7.20. The number of hydrogen-bond acceptors (Lipinski definition) is 10. The molecule has 13 nitrogen and oxygen atoms in total. The number of carbonyl (C=O) groups is 3. The molecule has 1 aliphatic rings. The van der Waals surface area contributed by atoms with Crippen molar-refractivity contribution in [1.82, 2.24) is 10.6 Å². The summed E-state index contributed by atoms with van der Waals surface area (Å²) in [4.78, 5) is 47.7. The fraction of sp³-hybridized carbons (Fsp3) is 0.167. The number of imide groups is 1. The molecular formula is C18H18B2N4O9. The summed E-state index contributed by atoms with van der Waals surface area (Å²) in [5.41, 5.74) is 5.49. The van der Waals surface area contributed by atoms with E-state index >= 15 is 0 Å². The summed E-state index contributed by atoms with van der Waals surface area (Å²) in [6.07, 6.45) is 0. The Morgan fingerprint density at radius 3 is 2.55 bits per heavy atom. The summed E-state index contributed by atoms with van der Waals surface area (Å²) in [5.74, 6) is -2.71. The normalized spacial score (nSPS) is 13.2. The zero-order valence-corrected chi connectivity index (χ0v) is 16.9. The van der Waals surface area contributed by atoms with Gasteiger partial charge in [0.05, 0.1) is 11.5 Å². The maximum absolute atomic E-state index is 12.5. The molecule has 0 radical (unpaired) electrons. The first-order valence-corrected chi connectivity index (χ1v) is 9.54. The van der Waals surface area contributed by atoms with E-state index in [2.05, 4.69) is 10.6 Å². The summed E-state index contributed by atoms with van der Waals surface area (Å²) in [6, 6.07) is 5.76. The molecule has 0 spiro atoms. The Morgan fingerprint density at radius 1 is 1.18 bits per heavy atom. The Balaban J connectivity index is 1.72. The van der Waals surface area contributed by atoms with E-state index in [1.807, 2.05) is 0 Å². The molecule has 0 saturated heterocycles. The first-order valence-electron chi connectivity index (χ1n) is 9.54. The van der Waals surface area contributed by atoms with Crippen molar-refractivity contribution in [3.8, 4) is 0 Å². The van der Waals surface area contributed by atoms with Crippen molar-refractivity contribution in [2.75, 3.05) is 6.54 Å². The van der Waals surface area contributed by atoms with Crippen molar-refractivity contribution in [2.24, 2.45) is 5.73 Å². The molecule has 170 valence electrons. The number of fused-ring (bicyclic) bond motifs is 1. The Bertz CT molecular complexity index is 1130. The van der Waals surface area contributed by atoms with E-state index in [0.717, 1.165) is 18.2 Å². The average Bonchev–Trinajstić information content (AvgIpc) is 3.16. The maximum Gasteiger partial charge on any atom is 0.491 e. The highest BCUT2D eigenvalue weighted by Gasteiger charge is 2.29. The lowest BCUT2D eigenvalue weighted by Gasteiger charge is -2.16. The molecule has 15 heteroatoms. The van der Waals surface area contributed by atoms with Gasteiger partial charge in [0.25, 0.3) is 23.4 Å². The number of nitrogens with two attached hydrogens (primary N) is 1. The van der Waals surface area contributed by atoms with Crippen LogP contribution in [0.3, 0.4) is 0 Å². The van der Waals surface area contributed by atoms with Gasteiger partial charge in [0.15, 0.2) is 0 Å². The van der Waals surface area contributed by atoms with Crippen molar-refractivity contribution in [3.63, 3.8) is 0 Å². The van der Waals surface area contributed by atoms with E-state index in [9.17, 15) is 39.6 Å². The smallest absolute Gasteiger partial charge is 0.423 e. The van der Waals surface area contributed by atoms with E-state index in [0.29, 0.717) is 11.0 Å². The number of amides is 3. The van der Waals surface area contributed by atoms with Gasteiger partial charge in [-0.1, -0.05) is 6.07 Å². The van der Waals surface area contributed by atoms with Crippen LogP contribution in [0.15, 0.2) is 36.4 Å². The van der Waals surface area contributed by atoms with Gasteiger partial charge >= 0.3 is 14.2 Å². The van der Waals surface area contributed by atoms with Crippen molar-refractivity contribution in [1.29, 1.82) is 0 Å². The van der Waals surface area contributed by atoms with Crippen LogP contribution in [0.2, 0.25) is 0 Å². The summed E-state index contributed by atoms with van der Waals surface area (Å²) in [6.45, 7) is -0.225. The van der Waals surface area contributed by atoms with Gasteiger partial charge in [0.1, 0.15) is 6.04 Å². The zero-order chi connectivity index (χ0) is 24.3. The minimum atomic E-state index is -2.07. The van der Waals surface area contributed by atoms with Crippen LogP contribution in [0.4, 0.5) is 5.69 Å². The second-order valence-corrected chi connectivity index (χ2v) is 7.10. The number of hydrogen-bond donors (Lipinski definition) is 6. The molecule has 0 aromatic heterocycles. The molecule has 0 saturated carbocycles. The third-order valence-corrected chi connectivity index (χ3v) is 4.88. The lowest BCUT2D eigenvalue weighted by atomic mass is 9.79. The van der Waals surface area contributed by atoms with Gasteiger partial charge in [0, 0.05) is 29.8 Å². The quantitative estimate of drug-likeness (QED) is 0.137. The number of carbonyl (C=O) groups excluding carboxylic acids is 3. The lowest BCUT2D eigenvalue weighted by molar-refractivity contribution is -0.384. The van der Waals surface area contributed by atoms with Crippen LogP contribution in [0.1, 0.15) is 26.3 Å². The van der Waals surface area contributed by atoms with Crippen LogP contribution < -0.4 is 27.3 Å². The largest absolute Gasteiger partial charge is 0.491 e. The second kappa shape index (κ2) is 9.89. The summed E-state index contributed by atoms with van der Waals surface area (Å²) in [7, 11) is -3.25. The number of nitro benzene ring substituents is 1. The Morgan fingerprint density at radius 2 is 1.91 bits per heavy atom. The topological polar surface area (TPSA) is 214 Å². The number of nitrogens with zero attached hydrogens (tertiary/aromatic N) is 1. The molecule has 7 N–H and O–H groups in total. The van der Waals surface area contributed by atoms with E-state index in [1.165, 1.54) is 12.1 Å². The number of benzene rings is 2. The van der Waals surface area contributed by atoms with E-state index in [4.69, 9.17) is 10.4 Å². The third-order valence-electron chi connectivity index (χ3n) is 4.88. The van der Waals surface area contributed by atoms with Crippen LogP contribution in [0.5, 0.6) is 0 Å². The first kappa shape index (κ1) is 24.0. The highest BCUT2D eigenvalue weighted by Crippen LogP contribution is 2.13. The van der Waals surface area contributed by atoms with Gasteiger partial charge < -0.3 is 30.8 Å². The highest BCUT2D eigenvalue weighted by atomic mass is 16.6. The standard InChI is InChI=1S/C18H18B2N4O9/c21-7-15(22-17(26)11-3-12(19(28)29)6-13(4-11)24(31)32)18(27)23-16(25)9-1-2-10-8-33-20(30)14(10)5-9/h1-6,15,28-30H,7-8,21H2,(H,22,26)(H,23,25,27)/t15-/m0/s1. The minimum absolute atomic E-state index is 0.0639. The van der Waals surface area contributed by atoms with Crippen LogP contribution >= 0.6 is 0 Å². The number of nitro groups is 1. The minimum Gasteiger partial charge on any atom is -0.423 e. The molecule has 1 heterocycles. The van der Waals surface area contributed by atoms with Gasteiger partial charge in [-0.25, -0.2) is 0 Å². The van der Waals surface area contributed by atoms with Crippen molar-refractivity contribution >= 4 is 48.6 Å². The van der Waals surface area contributed by atoms with Gasteiger partial charge in [-0.05, 0) is 34.7 Å². The summed E-state index contributed by atoms with van der Waals surface area (Å²) >= 11 is 0. The number of nitrogens with one attached hydrogen (secondary N) is 2. The molecule has 0 aliphatic carbocycles. The number of non-ortho nitro benzene ring substituents is 1. The molecule has 1 atom stereocenters. The van der Waals surface area contributed by atoms with Crippen LogP contribution in [0, 0.1) is 10.1 Å². The Hall–Kier alpha value is -3.62. The fourth-order valence-corrected chi connectivity index (χ4v) is 3.12. The van der Waals surface area contributed by atoms with Gasteiger partial charge in [-0.3, -0.25) is 29.8 Å². The predicted molar refractivity (Wildman–Crippen MR) is 115 cm³/mol. The molecule has 0 fully saturated rings. The summed E-state index contributed by atoms with van der Waals surface area (Å²) < 4.78 is 5.05. The molecule has 2 aromatic rings. The van der Waals surface area contributed by atoms with Gasteiger partial charge in [-0.2, -0.15) is 0 Å². The highest BCUT2D eigenvalue weighted by molar-refractivity contribution is 6.61. The van der Waals surface area contributed by atoms with Crippen molar-refractivity contribution in [3.05, 3.63) is 63.2 Å². The van der Waals surface area contributed by atoms with Crippen LogP contribution in [0.25, 0.3) is 0 Å². The van der Waals surface area contributed by atoms with Crippen molar-refractivity contribution < 1.29 is 39.0 Å². The molecule has 0 bridgehead atoms. The van der Waals surface area contributed by atoms with Gasteiger partial charge in [0.2, 0.25) is 0 Å². The molecule has 1 aliphatic heterocycles. The first-order chi connectivity index (χ1) is 15.6. The molecule has 33 heavy (non-hydrogen) atoms. The SMILES string of the molecule is NC[C@H](NC(=O)c1cc(B(O)O)cc([N+](=O)[O-])c1)C(=O)NC(=O)c1ccc2c(c1)B(O)OC2. The van der Waals surface area contributed by atoms with Crippen molar-refractivity contribution in [2.45, 2.75) is 12.6 Å². The lowest BCUT2D eigenvalue weighted by Crippen LogP contribution is -2.52. The second-order valence-electron chi connectivity index (χ2n) is 7.10. The van der Waals surface area contributed by atoms with Crippen LogP contribution in [-0.4, -0.2) is 64.5 Å². The Labute approximate surface area is 187 Å². The predicted octanol–water partition coefficient (Wildman–Crippen LogP) is -3.49. The average molecular weight is 456 g/mol. The van der Waals surface area contributed by atoms with Crippen LogP contribution in [-0.2, 0) is 16.1 Å². The maximum atomic E-state index is 12.5. The monoisotopic (exact) mass is 456 g/mol. The molecule has 0 unspecified atom stereocenters. The van der Waals surface area contributed by atoms with E-state index in [-0.39, 0.29) is 23.2 Å². The molecule has 2 aromatic carbocycles. The third kappa shape index (κ3) is 5.42. The molecule has 3 rings (SSSR count). The van der Waals surface area contributed by atoms with E-state index in [1.54, 1.807) is 6.07 Å². The molecule has 3 amide bonds.